The number of rotatable bonds is 11. The van der Waals surface area contributed by atoms with Crippen LogP contribution in [0.3, 0.4) is 0 Å². The van der Waals surface area contributed by atoms with Crippen LogP contribution in [0, 0.1) is 5.82 Å². The van der Waals surface area contributed by atoms with Gasteiger partial charge in [0.25, 0.3) is 0 Å². The van der Waals surface area contributed by atoms with Crippen LogP contribution in [-0.2, 0) is 22.6 Å². The minimum Gasteiger partial charge on any atom is -0.468 e. The summed E-state index contributed by atoms with van der Waals surface area (Å²) in [5.41, 5.74) is -0.874. The number of halogens is 4. The lowest BCUT2D eigenvalue weighted by molar-refractivity contribution is -0.189. The lowest BCUT2D eigenvalue weighted by Gasteiger charge is -2.21. The smallest absolute Gasteiger partial charge is 0.425 e. The van der Waals surface area contributed by atoms with Crippen molar-refractivity contribution in [3.63, 3.8) is 0 Å². The molecule has 3 aromatic rings. The molecule has 0 aromatic carbocycles. The summed E-state index contributed by atoms with van der Waals surface area (Å²) in [4.78, 5) is 16.6. The number of pyridine rings is 1. The molecule has 12 nitrogen and oxygen atoms in total. The monoisotopic (exact) mass is 520 g/mol. The van der Waals surface area contributed by atoms with E-state index < -0.39 is 59.5 Å². The Morgan fingerprint density at radius 3 is 2.33 bits per heavy atom. The Hall–Kier alpha value is -3.37. The van der Waals surface area contributed by atoms with Crippen LogP contribution in [-0.4, -0.2) is 80.5 Å². The molecule has 0 radical (unpaired) electrons. The van der Waals surface area contributed by atoms with Crippen molar-refractivity contribution in [2.24, 2.45) is 0 Å². The second kappa shape index (κ2) is 11.1. The van der Waals surface area contributed by atoms with Gasteiger partial charge < -0.3 is 24.1 Å². The van der Waals surface area contributed by atoms with Crippen molar-refractivity contribution >= 4 is 10.8 Å². The van der Waals surface area contributed by atoms with Crippen LogP contribution >= 0.6 is 0 Å². The van der Waals surface area contributed by atoms with Crippen molar-refractivity contribution in [2.75, 3.05) is 27.4 Å². The maximum absolute atomic E-state index is 15.7. The van der Waals surface area contributed by atoms with Crippen molar-refractivity contribution in [3.8, 4) is 17.6 Å². The van der Waals surface area contributed by atoms with Gasteiger partial charge in [-0.25, -0.2) is 9.18 Å². The first-order valence-corrected chi connectivity index (χ1v) is 10.6. The second-order valence-corrected chi connectivity index (χ2v) is 7.46. The average Bonchev–Trinajstić information content (AvgIpc) is 3.15. The minimum atomic E-state index is -4.80. The number of aromatic nitrogens is 6. The van der Waals surface area contributed by atoms with E-state index in [1.54, 1.807) is 6.92 Å². The molecule has 0 aliphatic heterocycles. The van der Waals surface area contributed by atoms with Crippen LogP contribution in [0.1, 0.15) is 19.7 Å². The van der Waals surface area contributed by atoms with E-state index in [9.17, 15) is 23.1 Å². The molecule has 0 bridgehead atoms. The highest BCUT2D eigenvalue weighted by Gasteiger charge is 2.39. The zero-order valence-corrected chi connectivity index (χ0v) is 19.7. The Kier molecular flexibility index (Phi) is 8.42. The zero-order chi connectivity index (χ0) is 26.6. The Morgan fingerprint density at radius 1 is 1.14 bits per heavy atom. The number of fused-ring (bicyclic) bond motifs is 1. The topological polar surface area (TPSA) is 136 Å². The molecular formula is C20H24F4N6O6. The predicted molar refractivity (Wildman–Crippen MR) is 115 cm³/mol. The third kappa shape index (κ3) is 5.39. The molecule has 0 saturated carbocycles. The van der Waals surface area contributed by atoms with E-state index in [0.29, 0.717) is 4.68 Å². The second-order valence-electron chi connectivity index (χ2n) is 7.46. The SMILES string of the molecule is CCn1c(CO)nn(-c2nc(OC(C)C(F)(F)F)c3c(OC(COC)COC)nncc3c2F)c1=O. The number of methoxy groups -OCH3 is 2. The van der Waals surface area contributed by atoms with Gasteiger partial charge in [0.15, 0.2) is 23.6 Å². The van der Waals surface area contributed by atoms with E-state index >= 15 is 4.39 Å². The van der Waals surface area contributed by atoms with Crippen molar-refractivity contribution < 1.29 is 41.6 Å². The van der Waals surface area contributed by atoms with Gasteiger partial charge in [0, 0.05) is 20.8 Å². The lowest BCUT2D eigenvalue weighted by atomic mass is 10.2. The predicted octanol–water partition coefficient (Wildman–Crippen LogP) is 1.39. The van der Waals surface area contributed by atoms with Crippen LogP contribution in [0.5, 0.6) is 11.8 Å². The first kappa shape index (κ1) is 27.2. The summed E-state index contributed by atoms with van der Waals surface area (Å²) in [6.45, 7) is 1.76. The fourth-order valence-electron chi connectivity index (χ4n) is 3.26. The van der Waals surface area contributed by atoms with E-state index in [2.05, 4.69) is 20.3 Å². The fraction of sp³-hybridized carbons (Fsp3) is 0.550. The van der Waals surface area contributed by atoms with Gasteiger partial charge in [-0.3, -0.25) is 4.57 Å². The van der Waals surface area contributed by atoms with E-state index in [0.717, 1.165) is 17.7 Å². The summed E-state index contributed by atoms with van der Waals surface area (Å²) in [6, 6.07) is 0. The van der Waals surface area contributed by atoms with Crippen LogP contribution in [0.4, 0.5) is 17.6 Å². The summed E-state index contributed by atoms with van der Waals surface area (Å²) in [7, 11) is 2.78. The fourth-order valence-corrected chi connectivity index (χ4v) is 3.26. The molecule has 3 rings (SSSR count). The Labute approximate surface area is 201 Å². The van der Waals surface area contributed by atoms with E-state index in [4.69, 9.17) is 18.9 Å². The van der Waals surface area contributed by atoms with Crippen LogP contribution < -0.4 is 15.2 Å². The minimum absolute atomic E-state index is 0.00281. The largest absolute Gasteiger partial charge is 0.468 e. The van der Waals surface area contributed by atoms with Crippen molar-refractivity contribution in [1.82, 2.24) is 29.5 Å². The summed E-state index contributed by atoms with van der Waals surface area (Å²) in [5, 5.41) is 20.0. The molecule has 3 aromatic heterocycles. The van der Waals surface area contributed by atoms with Gasteiger partial charge in [0.2, 0.25) is 11.8 Å². The molecule has 0 spiro atoms. The molecule has 0 amide bonds. The molecular weight excluding hydrogens is 496 g/mol. The van der Waals surface area contributed by atoms with Crippen molar-refractivity contribution in [3.05, 3.63) is 28.3 Å². The molecule has 1 N–H and O–H groups in total. The highest BCUT2D eigenvalue weighted by molar-refractivity contribution is 5.92. The van der Waals surface area contributed by atoms with Gasteiger partial charge in [0.05, 0.1) is 24.8 Å². The third-order valence-electron chi connectivity index (χ3n) is 5.00. The molecule has 36 heavy (non-hydrogen) atoms. The first-order chi connectivity index (χ1) is 17.1. The third-order valence-corrected chi connectivity index (χ3v) is 5.00. The van der Waals surface area contributed by atoms with Gasteiger partial charge in [-0.2, -0.15) is 27.9 Å². The van der Waals surface area contributed by atoms with Crippen LogP contribution in [0.15, 0.2) is 11.0 Å². The van der Waals surface area contributed by atoms with Gasteiger partial charge in [-0.05, 0) is 13.8 Å². The number of hydrogen-bond donors (Lipinski definition) is 1. The lowest BCUT2D eigenvalue weighted by Crippen LogP contribution is -2.32. The molecule has 16 heteroatoms. The summed E-state index contributed by atoms with van der Waals surface area (Å²) < 4.78 is 78.1. The molecule has 198 valence electrons. The molecule has 0 aliphatic carbocycles. The van der Waals surface area contributed by atoms with Gasteiger partial charge in [0.1, 0.15) is 18.1 Å². The van der Waals surface area contributed by atoms with Crippen molar-refractivity contribution in [2.45, 2.75) is 45.4 Å². The number of nitrogens with zero attached hydrogens (tertiary/aromatic N) is 6. The molecule has 0 saturated heterocycles. The normalized spacial score (nSPS) is 12.9. The number of alkyl halides is 3. The van der Waals surface area contributed by atoms with Crippen LogP contribution in [0.2, 0.25) is 0 Å². The average molecular weight is 520 g/mol. The molecule has 0 fully saturated rings. The molecule has 1 unspecified atom stereocenters. The standard InChI is InChI=1S/C20H24F4N6O6/c1-5-29-13(7-31)28-30(19(29)32)16-15(21)12-6-25-27-18(36-11(8-33-3)9-34-4)14(12)17(26-16)35-10(2)20(22,23)24/h6,10-11,31H,5,7-9H2,1-4H3. The first-order valence-electron chi connectivity index (χ1n) is 10.6. The number of aliphatic hydroxyl groups excluding tert-OH is 1. The van der Waals surface area contributed by atoms with Gasteiger partial charge in [-0.1, -0.05) is 0 Å². The number of hydrogen-bond acceptors (Lipinski definition) is 10. The zero-order valence-electron chi connectivity index (χ0n) is 19.7. The Balaban J connectivity index is 2.29. The van der Waals surface area contributed by atoms with E-state index in [1.807, 2.05) is 0 Å². The van der Waals surface area contributed by atoms with Gasteiger partial charge >= 0.3 is 11.9 Å². The summed E-state index contributed by atoms with van der Waals surface area (Å²) in [6.07, 6.45) is -7.04. The maximum Gasteiger partial charge on any atom is 0.425 e. The molecule has 1 atom stereocenters. The van der Waals surface area contributed by atoms with E-state index in [-0.39, 0.29) is 31.0 Å². The highest BCUT2D eigenvalue weighted by Crippen LogP contribution is 2.36. The van der Waals surface area contributed by atoms with E-state index in [1.165, 1.54) is 14.2 Å². The van der Waals surface area contributed by atoms with Gasteiger partial charge in [-0.15, -0.1) is 10.2 Å². The highest BCUT2D eigenvalue weighted by atomic mass is 19.4. The maximum atomic E-state index is 15.7. The summed E-state index contributed by atoms with van der Waals surface area (Å²) in [5.74, 6) is -3.14. The van der Waals surface area contributed by atoms with Crippen molar-refractivity contribution in [1.29, 1.82) is 0 Å². The molecule has 0 aliphatic rings. The Morgan fingerprint density at radius 2 is 1.81 bits per heavy atom. The Bertz CT molecular complexity index is 1260. The van der Waals surface area contributed by atoms with Crippen LogP contribution in [0.25, 0.3) is 16.6 Å². The quantitative estimate of drug-likeness (QED) is 0.370. The summed E-state index contributed by atoms with van der Waals surface area (Å²) >= 11 is 0. The number of ether oxygens (including phenoxy) is 4. The number of aliphatic hydroxyl groups is 1. The molecule has 3 heterocycles.